The zero-order chi connectivity index (χ0) is 16.1. The zero-order valence-corrected chi connectivity index (χ0v) is 14.8. The van der Waals surface area contributed by atoms with Gasteiger partial charge in [-0.3, -0.25) is 0 Å². The summed E-state index contributed by atoms with van der Waals surface area (Å²) in [6.45, 7) is 2.35. The molecule has 0 aliphatic heterocycles. The summed E-state index contributed by atoms with van der Waals surface area (Å²) < 4.78 is 11.6. The van der Waals surface area contributed by atoms with E-state index in [4.69, 9.17) is 32.7 Å². The van der Waals surface area contributed by atoms with Crippen LogP contribution in [0.1, 0.15) is 22.8 Å². The second-order valence-corrected chi connectivity index (χ2v) is 6.13. The fourth-order valence-corrected chi connectivity index (χ4v) is 2.63. The van der Waals surface area contributed by atoms with Gasteiger partial charge in [-0.2, -0.15) is 0 Å². The maximum absolute atomic E-state index is 11.7. The predicted molar refractivity (Wildman–Crippen MR) is 90.9 cm³/mol. The summed E-state index contributed by atoms with van der Waals surface area (Å²) in [5.41, 5.74) is 1.28. The Morgan fingerprint density at radius 3 is 2.27 bits per heavy atom. The summed E-state index contributed by atoms with van der Waals surface area (Å²) in [4.78, 5) is 11.7. The molecule has 0 radical (unpaired) electrons. The Kier molecular flexibility index (Phi) is 6.12. The number of hydrogen-bond acceptors (Lipinski definition) is 3. The molecule has 0 spiro atoms. The molecule has 116 valence electrons. The van der Waals surface area contributed by atoms with Crippen molar-refractivity contribution in [2.75, 3.05) is 6.61 Å². The molecule has 0 saturated carbocycles. The highest BCUT2D eigenvalue weighted by Crippen LogP contribution is 2.35. The molecule has 2 aromatic rings. The van der Waals surface area contributed by atoms with Crippen LogP contribution in [0.5, 0.6) is 5.75 Å². The van der Waals surface area contributed by atoms with Gasteiger partial charge in [0.2, 0.25) is 0 Å². The number of esters is 1. The highest BCUT2D eigenvalue weighted by atomic mass is 79.9. The molecular formula is C16H13BrCl2O3. The minimum Gasteiger partial charge on any atom is -0.486 e. The Morgan fingerprint density at radius 2 is 1.73 bits per heavy atom. The predicted octanol–water partition coefficient (Wildman–Crippen LogP) is 5.51. The Morgan fingerprint density at radius 1 is 1.14 bits per heavy atom. The number of hydrogen-bond donors (Lipinski definition) is 0. The van der Waals surface area contributed by atoms with Gasteiger partial charge in [-0.15, -0.1) is 0 Å². The lowest BCUT2D eigenvalue weighted by molar-refractivity contribution is 0.0526. The van der Waals surface area contributed by atoms with E-state index in [2.05, 4.69) is 15.9 Å². The quantitative estimate of drug-likeness (QED) is 0.617. The summed E-state index contributed by atoms with van der Waals surface area (Å²) in [6, 6.07) is 10.7. The molecule has 0 aliphatic rings. The first-order valence-electron chi connectivity index (χ1n) is 6.54. The van der Waals surface area contributed by atoms with Gasteiger partial charge in [-0.25, -0.2) is 4.79 Å². The molecule has 0 aliphatic carbocycles. The largest absolute Gasteiger partial charge is 0.486 e. The van der Waals surface area contributed by atoms with Crippen molar-refractivity contribution in [3.05, 3.63) is 62.0 Å². The summed E-state index contributed by atoms with van der Waals surface area (Å²) in [5.74, 6) is -0.120. The topological polar surface area (TPSA) is 35.5 Å². The Hall–Kier alpha value is -1.23. The fraction of sp³-hybridized carbons (Fsp3) is 0.188. The maximum atomic E-state index is 11.7. The molecule has 0 fully saturated rings. The van der Waals surface area contributed by atoms with Crippen molar-refractivity contribution in [3.8, 4) is 5.75 Å². The molecule has 2 aromatic carbocycles. The van der Waals surface area contributed by atoms with Gasteiger partial charge in [0.05, 0.1) is 22.2 Å². The van der Waals surface area contributed by atoms with Crippen LogP contribution in [0.25, 0.3) is 0 Å². The van der Waals surface area contributed by atoms with E-state index >= 15 is 0 Å². The maximum Gasteiger partial charge on any atom is 0.338 e. The van der Waals surface area contributed by atoms with E-state index in [1.54, 1.807) is 6.92 Å². The lowest BCUT2D eigenvalue weighted by atomic mass is 10.2. The van der Waals surface area contributed by atoms with Gasteiger partial charge in [0.15, 0.2) is 5.75 Å². The van der Waals surface area contributed by atoms with Gasteiger partial charge in [0.1, 0.15) is 6.61 Å². The first kappa shape index (κ1) is 17.1. The summed E-state index contributed by atoms with van der Waals surface area (Å²) in [7, 11) is 0. The van der Waals surface area contributed by atoms with Gasteiger partial charge in [0, 0.05) is 4.47 Å². The standard InChI is InChI=1S/C16H13BrCl2O3/c1-2-21-16(20)11-7-13(18)15(14(19)8-11)22-9-10-3-5-12(17)6-4-10/h3-8H,2,9H2,1H3. The third kappa shape index (κ3) is 4.38. The first-order valence-corrected chi connectivity index (χ1v) is 8.09. The molecule has 0 heterocycles. The van der Waals surface area contributed by atoms with Crippen LogP contribution in [0, 0.1) is 0 Å². The molecule has 2 rings (SSSR count). The summed E-state index contributed by atoms with van der Waals surface area (Å²) >= 11 is 15.7. The lowest BCUT2D eigenvalue weighted by Gasteiger charge is -2.11. The van der Waals surface area contributed by atoms with Gasteiger partial charge >= 0.3 is 5.97 Å². The van der Waals surface area contributed by atoms with Crippen molar-refractivity contribution in [1.82, 2.24) is 0 Å². The molecule has 0 bridgehead atoms. The number of carbonyl (C=O) groups excluding carboxylic acids is 1. The van der Waals surface area contributed by atoms with Crippen LogP contribution in [0.15, 0.2) is 40.9 Å². The number of benzene rings is 2. The molecule has 22 heavy (non-hydrogen) atoms. The molecule has 0 saturated heterocycles. The third-order valence-electron chi connectivity index (χ3n) is 2.81. The average Bonchev–Trinajstić information content (AvgIpc) is 2.48. The van der Waals surface area contributed by atoms with Crippen LogP contribution in [0.3, 0.4) is 0 Å². The molecule has 0 atom stereocenters. The number of carbonyl (C=O) groups is 1. The highest BCUT2D eigenvalue weighted by molar-refractivity contribution is 9.10. The molecule has 0 N–H and O–H groups in total. The molecule has 0 unspecified atom stereocenters. The molecule has 0 amide bonds. The van der Waals surface area contributed by atoms with E-state index in [1.165, 1.54) is 12.1 Å². The van der Waals surface area contributed by atoms with Crippen LogP contribution < -0.4 is 4.74 Å². The average molecular weight is 404 g/mol. The van der Waals surface area contributed by atoms with E-state index in [-0.39, 0.29) is 16.7 Å². The van der Waals surface area contributed by atoms with Crippen molar-refractivity contribution in [3.63, 3.8) is 0 Å². The van der Waals surface area contributed by atoms with E-state index in [0.29, 0.717) is 17.9 Å². The minimum absolute atomic E-state index is 0.271. The SMILES string of the molecule is CCOC(=O)c1cc(Cl)c(OCc2ccc(Br)cc2)c(Cl)c1. The zero-order valence-electron chi connectivity index (χ0n) is 11.7. The van der Waals surface area contributed by atoms with Crippen LogP contribution in [-0.4, -0.2) is 12.6 Å². The Balaban J connectivity index is 2.14. The van der Waals surface area contributed by atoms with E-state index < -0.39 is 5.97 Å². The van der Waals surface area contributed by atoms with Crippen LogP contribution in [0.4, 0.5) is 0 Å². The number of ether oxygens (including phenoxy) is 2. The van der Waals surface area contributed by atoms with Gasteiger partial charge in [-0.05, 0) is 36.8 Å². The lowest BCUT2D eigenvalue weighted by Crippen LogP contribution is -2.05. The van der Waals surface area contributed by atoms with E-state index in [0.717, 1.165) is 10.0 Å². The fourth-order valence-electron chi connectivity index (χ4n) is 1.77. The van der Waals surface area contributed by atoms with Crippen molar-refractivity contribution in [1.29, 1.82) is 0 Å². The highest BCUT2D eigenvalue weighted by Gasteiger charge is 2.15. The van der Waals surface area contributed by atoms with Crippen LogP contribution >= 0.6 is 39.1 Å². The second kappa shape index (κ2) is 7.86. The minimum atomic E-state index is -0.467. The molecular weight excluding hydrogens is 391 g/mol. The van der Waals surface area contributed by atoms with E-state index in [1.807, 2.05) is 24.3 Å². The van der Waals surface area contributed by atoms with Crippen molar-refractivity contribution < 1.29 is 14.3 Å². The van der Waals surface area contributed by atoms with Crippen molar-refractivity contribution in [2.45, 2.75) is 13.5 Å². The third-order valence-corrected chi connectivity index (χ3v) is 3.90. The normalized spacial score (nSPS) is 10.4. The van der Waals surface area contributed by atoms with Gasteiger partial charge < -0.3 is 9.47 Å². The second-order valence-electron chi connectivity index (χ2n) is 4.40. The van der Waals surface area contributed by atoms with Crippen molar-refractivity contribution >= 4 is 45.1 Å². The first-order chi connectivity index (χ1) is 10.5. The Bertz CT molecular complexity index is 649. The molecule has 3 nitrogen and oxygen atoms in total. The van der Waals surface area contributed by atoms with Crippen LogP contribution in [0.2, 0.25) is 10.0 Å². The monoisotopic (exact) mass is 402 g/mol. The molecule has 6 heteroatoms. The summed E-state index contributed by atoms with van der Waals surface area (Å²) in [5, 5.41) is 0.542. The van der Waals surface area contributed by atoms with Crippen LogP contribution in [-0.2, 0) is 11.3 Å². The van der Waals surface area contributed by atoms with Crippen molar-refractivity contribution in [2.24, 2.45) is 0 Å². The molecule has 0 aromatic heterocycles. The van der Waals surface area contributed by atoms with Gasteiger partial charge in [-0.1, -0.05) is 51.3 Å². The van der Waals surface area contributed by atoms with E-state index in [9.17, 15) is 4.79 Å². The van der Waals surface area contributed by atoms with Gasteiger partial charge in [0.25, 0.3) is 0 Å². The number of halogens is 3. The number of rotatable bonds is 5. The Labute approximate surface area is 147 Å². The smallest absolute Gasteiger partial charge is 0.338 e. The summed E-state index contributed by atoms with van der Waals surface area (Å²) in [6.07, 6.45) is 0.